The van der Waals surface area contributed by atoms with Crippen LogP contribution in [0.2, 0.25) is 0 Å². The van der Waals surface area contributed by atoms with E-state index in [1.807, 2.05) is 0 Å². The smallest absolute Gasteiger partial charge is 0.251 e. The van der Waals surface area contributed by atoms with Crippen molar-refractivity contribution >= 4 is 15.9 Å². The van der Waals surface area contributed by atoms with Crippen molar-refractivity contribution in [3.05, 3.63) is 35.4 Å². The fourth-order valence-corrected chi connectivity index (χ4v) is 5.23. The van der Waals surface area contributed by atoms with E-state index in [4.69, 9.17) is 0 Å². The highest BCUT2D eigenvalue weighted by Crippen LogP contribution is 2.18. The Kier molecular flexibility index (Phi) is 6.32. The average molecular weight is 380 g/mol. The van der Waals surface area contributed by atoms with Crippen LogP contribution in [0, 0.1) is 0 Å². The molecule has 1 aromatic rings. The van der Waals surface area contributed by atoms with Gasteiger partial charge in [-0.3, -0.25) is 4.79 Å². The molecule has 6 nitrogen and oxygen atoms in total. The molecule has 3 rings (SSSR count). The van der Waals surface area contributed by atoms with Crippen LogP contribution in [-0.4, -0.2) is 62.8 Å². The molecule has 26 heavy (non-hydrogen) atoms. The monoisotopic (exact) mass is 379 g/mol. The van der Waals surface area contributed by atoms with Gasteiger partial charge in [0.05, 0.1) is 5.75 Å². The van der Waals surface area contributed by atoms with E-state index < -0.39 is 10.0 Å². The number of nitrogens with zero attached hydrogens (tertiary/aromatic N) is 2. The van der Waals surface area contributed by atoms with Crippen LogP contribution in [0.15, 0.2) is 24.3 Å². The van der Waals surface area contributed by atoms with Crippen molar-refractivity contribution < 1.29 is 13.2 Å². The van der Waals surface area contributed by atoms with E-state index in [1.165, 1.54) is 0 Å². The molecule has 0 aliphatic carbocycles. The number of sulfonamides is 1. The van der Waals surface area contributed by atoms with Crippen LogP contribution in [0.3, 0.4) is 0 Å². The van der Waals surface area contributed by atoms with Gasteiger partial charge in [0.1, 0.15) is 0 Å². The van der Waals surface area contributed by atoms with E-state index in [0.29, 0.717) is 18.7 Å². The molecule has 2 aliphatic rings. The van der Waals surface area contributed by atoms with Crippen molar-refractivity contribution in [2.45, 2.75) is 43.9 Å². The van der Waals surface area contributed by atoms with Crippen LogP contribution in [0.4, 0.5) is 0 Å². The molecule has 2 aliphatic heterocycles. The van der Waals surface area contributed by atoms with Crippen molar-refractivity contribution in [3.63, 3.8) is 0 Å². The van der Waals surface area contributed by atoms with Crippen molar-refractivity contribution in [1.82, 2.24) is 14.5 Å². The zero-order chi connectivity index (χ0) is 18.6. The fourth-order valence-electron chi connectivity index (χ4n) is 3.62. The number of piperidine rings is 2. The van der Waals surface area contributed by atoms with Crippen molar-refractivity contribution in [3.8, 4) is 0 Å². The molecule has 0 aromatic heterocycles. The first-order valence-corrected chi connectivity index (χ1v) is 11.1. The van der Waals surface area contributed by atoms with E-state index in [9.17, 15) is 13.2 Å². The number of amides is 1. The second-order valence-electron chi connectivity index (χ2n) is 7.46. The van der Waals surface area contributed by atoms with Crippen LogP contribution < -0.4 is 5.32 Å². The minimum absolute atomic E-state index is 0.00383. The molecule has 0 unspecified atom stereocenters. The lowest BCUT2D eigenvalue weighted by Gasteiger charge is -2.29. The summed E-state index contributed by atoms with van der Waals surface area (Å²) < 4.78 is 26.6. The van der Waals surface area contributed by atoms with Gasteiger partial charge in [-0.05, 0) is 63.5 Å². The Hall–Kier alpha value is -1.44. The van der Waals surface area contributed by atoms with Crippen LogP contribution in [0.25, 0.3) is 0 Å². The molecular weight excluding hydrogens is 350 g/mol. The van der Waals surface area contributed by atoms with Crippen molar-refractivity contribution in [2.75, 3.05) is 33.2 Å². The Morgan fingerprint density at radius 2 is 1.65 bits per heavy atom. The van der Waals surface area contributed by atoms with E-state index in [2.05, 4.69) is 17.3 Å². The Labute approximate surface area is 156 Å². The molecule has 144 valence electrons. The fraction of sp³-hybridized carbons (Fsp3) is 0.632. The molecule has 1 N–H and O–H groups in total. The van der Waals surface area contributed by atoms with Gasteiger partial charge in [0.25, 0.3) is 5.91 Å². The number of nitrogens with one attached hydrogen (secondary N) is 1. The van der Waals surface area contributed by atoms with Gasteiger partial charge in [0, 0.05) is 24.7 Å². The molecule has 0 atom stereocenters. The molecule has 0 bridgehead atoms. The zero-order valence-corrected chi connectivity index (χ0v) is 16.3. The average Bonchev–Trinajstić information content (AvgIpc) is 2.64. The van der Waals surface area contributed by atoms with Gasteiger partial charge in [-0.25, -0.2) is 12.7 Å². The number of benzene rings is 1. The summed E-state index contributed by atoms with van der Waals surface area (Å²) in [6.07, 6.45) is 4.92. The molecule has 0 saturated carbocycles. The minimum Gasteiger partial charge on any atom is -0.349 e. The van der Waals surface area contributed by atoms with Crippen molar-refractivity contribution in [2.24, 2.45) is 0 Å². The molecule has 0 spiro atoms. The lowest BCUT2D eigenvalue weighted by molar-refractivity contribution is 0.0917. The van der Waals surface area contributed by atoms with E-state index in [-0.39, 0.29) is 17.7 Å². The predicted molar refractivity (Wildman–Crippen MR) is 102 cm³/mol. The van der Waals surface area contributed by atoms with Crippen LogP contribution in [-0.2, 0) is 15.8 Å². The van der Waals surface area contributed by atoms with Gasteiger partial charge < -0.3 is 10.2 Å². The van der Waals surface area contributed by atoms with E-state index >= 15 is 0 Å². The van der Waals surface area contributed by atoms with Gasteiger partial charge in [-0.2, -0.15) is 0 Å². The molecule has 7 heteroatoms. The number of carbonyl (C=O) groups is 1. The Balaban J connectivity index is 1.56. The topological polar surface area (TPSA) is 69.7 Å². The summed E-state index contributed by atoms with van der Waals surface area (Å²) >= 11 is 0. The highest BCUT2D eigenvalue weighted by atomic mass is 32.2. The first-order chi connectivity index (χ1) is 12.4. The number of rotatable bonds is 5. The second kappa shape index (κ2) is 8.50. The highest BCUT2D eigenvalue weighted by Gasteiger charge is 2.24. The number of hydrogen-bond donors (Lipinski definition) is 1. The number of carbonyl (C=O) groups excluding carboxylic acids is 1. The van der Waals surface area contributed by atoms with Crippen LogP contribution in [0.1, 0.15) is 48.0 Å². The van der Waals surface area contributed by atoms with Gasteiger partial charge >= 0.3 is 0 Å². The maximum absolute atomic E-state index is 12.5. The summed E-state index contributed by atoms with van der Waals surface area (Å²) in [4.78, 5) is 14.7. The molecule has 2 saturated heterocycles. The second-order valence-corrected chi connectivity index (χ2v) is 9.43. The molecule has 2 heterocycles. The summed E-state index contributed by atoms with van der Waals surface area (Å²) in [5.41, 5.74) is 1.31. The third kappa shape index (κ3) is 5.05. The van der Waals surface area contributed by atoms with E-state index in [1.54, 1.807) is 28.6 Å². The molecule has 1 amide bonds. The summed E-state index contributed by atoms with van der Waals surface area (Å²) in [6, 6.07) is 7.19. The molecule has 0 radical (unpaired) electrons. The number of likely N-dealkylation sites (tertiary alicyclic amines) is 1. The third-order valence-electron chi connectivity index (χ3n) is 5.33. The van der Waals surface area contributed by atoms with Crippen molar-refractivity contribution in [1.29, 1.82) is 0 Å². The van der Waals surface area contributed by atoms with Gasteiger partial charge in [-0.1, -0.05) is 18.6 Å². The number of hydrogen-bond acceptors (Lipinski definition) is 4. The minimum atomic E-state index is -3.27. The maximum atomic E-state index is 12.5. The summed E-state index contributed by atoms with van der Waals surface area (Å²) in [5.74, 6) is -0.0749. The maximum Gasteiger partial charge on any atom is 0.251 e. The van der Waals surface area contributed by atoms with Gasteiger partial charge in [-0.15, -0.1) is 0 Å². The summed E-state index contributed by atoms with van der Waals surface area (Å²) in [6.45, 7) is 3.25. The first kappa shape index (κ1) is 19.3. The van der Waals surface area contributed by atoms with Crippen LogP contribution >= 0.6 is 0 Å². The molecular formula is C19H29N3O3S. The van der Waals surface area contributed by atoms with E-state index in [0.717, 1.165) is 50.8 Å². The Morgan fingerprint density at radius 3 is 2.27 bits per heavy atom. The summed E-state index contributed by atoms with van der Waals surface area (Å²) in [7, 11) is -1.18. The quantitative estimate of drug-likeness (QED) is 0.847. The lowest BCUT2D eigenvalue weighted by atomic mass is 10.0. The molecule has 1 aromatic carbocycles. The Bertz CT molecular complexity index is 704. The molecule has 2 fully saturated rings. The predicted octanol–water partition coefficient (Wildman–Crippen LogP) is 1.83. The Morgan fingerprint density at radius 1 is 1.04 bits per heavy atom. The first-order valence-electron chi connectivity index (χ1n) is 9.50. The third-order valence-corrected chi connectivity index (χ3v) is 7.18. The SMILES string of the molecule is CN1CCC(NC(=O)c2ccc(CS(=O)(=O)N3CCCCC3)cc2)CC1. The standard InChI is InChI=1S/C19H29N3O3S/c1-21-13-9-18(10-14-21)20-19(23)17-7-5-16(6-8-17)15-26(24,25)22-11-3-2-4-12-22/h5-8,18H,2-4,9-15H2,1H3,(H,20,23). The normalized spacial score (nSPS) is 20.8. The largest absolute Gasteiger partial charge is 0.349 e. The lowest BCUT2D eigenvalue weighted by Crippen LogP contribution is -2.43. The summed E-state index contributed by atoms with van der Waals surface area (Å²) in [5, 5.41) is 3.08. The highest BCUT2D eigenvalue weighted by molar-refractivity contribution is 7.88. The van der Waals surface area contributed by atoms with Gasteiger partial charge in [0.2, 0.25) is 10.0 Å². The zero-order valence-electron chi connectivity index (χ0n) is 15.5. The van der Waals surface area contributed by atoms with Crippen LogP contribution in [0.5, 0.6) is 0 Å². The van der Waals surface area contributed by atoms with Gasteiger partial charge in [0.15, 0.2) is 0 Å².